The smallest absolute Gasteiger partial charge is 0.255 e. The van der Waals surface area contributed by atoms with Gasteiger partial charge in [-0.05, 0) is 61.8 Å². The van der Waals surface area contributed by atoms with Crippen LogP contribution in [-0.2, 0) is 11.2 Å². The molecule has 0 aliphatic carbocycles. The van der Waals surface area contributed by atoms with Gasteiger partial charge in [0.2, 0.25) is 5.91 Å². The molecule has 0 saturated carbocycles. The first-order valence-corrected chi connectivity index (χ1v) is 11.4. The maximum Gasteiger partial charge on any atom is 0.255 e. The van der Waals surface area contributed by atoms with Crippen LogP contribution in [0.5, 0.6) is 5.75 Å². The molecule has 0 radical (unpaired) electrons. The lowest BCUT2D eigenvalue weighted by Crippen LogP contribution is -2.52. The number of piperidine rings is 1. The number of nitrogens with zero attached hydrogens (tertiary/aromatic N) is 1. The van der Waals surface area contributed by atoms with E-state index in [0.717, 1.165) is 18.9 Å². The summed E-state index contributed by atoms with van der Waals surface area (Å²) in [4.78, 5) is 27.3. The van der Waals surface area contributed by atoms with Gasteiger partial charge in [-0.1, -0.05) is 12.1 Å². The van der Waals surface area contributed by atoms with Gasteiger partial charge in [0, 0.05) is 24.2 Å². The molecule has 9 heteroatoms. The number of hydrogen-bond acceptors (Lipinski definition) is 4. The molecule has 0 aromatic heterocycles. The van der Waals surface area contributed by atoms with Gasteiger partial charge in [-0.3, -0.25) is 9.59 Å². The highest BCUT2D eigenvalue weighted by Gasteiger charge is 2.44. The van der Waals surface area contributed by atoms with Crippen molar-refractivity contribution >= 4 is 11.8 Å². The van der Waals surface area contributed by atoms with E-state index in [4.69, 9.17) is 10.5 Å². The average Bonchev–Trinajstić information content (AvgIpc) is 3.09. The summed E-state index contributed by atoms with van der Waals surface area (Å²) in [6.45, 7) is -0.124. The zero-order valence-electron chi connectivity index (χ0n) is 18.9. The van der Waals surface area contributed by atoms with Gasteiger partial charge in [0.15, 0.2) is 11.6 Å². The number of fused-ring (bicyclic) bond motifs is 2. The number of rotatable bonds is 7. The second-order valence-electron chi connectivity index (χ2n) is 9.03. The minimum Gasteiger partial charge on any atom is -0.496 e. The van der Waals surface area contributed by atoms with Crippen molar-refractivity contribution in [3.63, 3.8) is 0 Å². The van der Waals surface area contributed by atoms with Crippen LogP contribution < -0.4 is 15.8 Å². The number of halogens is 3. The van der Waals surface area contributed by atoms with Crippen LogP contribution in [0.4, 0.5) is 13.2 Å². The number of methoxy groups -OCH3 is 1. The van der Waals surface area contributed by atoms with Crippen molar-refractivity contribution in [2.24, 2.45) is 11.7 Å². The lowest BCUT2D eigenvalue weighted by molar-refractivity contribution is -0.135. The Morgan fingerprint density at radius 1 is 1.09 bits per heavy atom. The lowest BCUT2D eigenvalue weighted by atomic mass is 9.82. The van der Waals surface area contributed by atoms with Gasteiger partial charge in [-0.15, -0.1) is 0 Å². The topological polar surface area (TPSA) is 84.7 Å². The number of hydrogen-bond donors (Lipinski definition) is 2. The summed E-state index contributed by atoms with van der Waals surface area (Å²) in [6.07, 6.45) is 3.06. The molecule has 1 unspecified atom stereocenters. The standard InChI is InChI=1S/C25H28F3N3O3/c1-34-23-5-3-2-4-18(23)25(33)30-13-24(32)31-16-6-7-17(31)9-15(8-16)22(29)11-14-10-20(27)21(28)12-19(14)26/h2-5,10,12,15-17,22H,6-9,11,13,29H2,1H3,(H,30,33)/t15?,16-,17+,22-/m1/s1. The molecule has 182 valence electrons. The molecule has 4 rings (SSSR count). The molecular formula is C25H28F3N3O3. The van der Waals surface area contributed by atoms with E-state index < -0.39 is 23.5 Å². The molecule has 2 aliphatic heterocycles. The van der Waals surface area contributed by atoms with Crippen LogP contribution in [-0.4, -0.2) is 48.5 Å². The minimum atomic E-state index is -1.22. The van der Waals surface area contributed by atoms with Gasteiger partial charge >= 0.3 is 0 Å². The SMILES string of the molecule is COc1ccccc1C(=O)NCC(=O)N1[C@@H]2CC[C@H]1CC([C@H](N)Cc1cc(F)c(F)cc1F)C2. The molecule has 34 heavy (non-hydrogen) atoms. The molecule has 2 aliphatic rings. The van der Waals surface area contributed by atoms with E-state index in [2.05, 4.69) is 5.32 Å². The van der Waals surface area contributed by atoms with Crippen LogP contribution in [0.1, 0.15) is 41.6 Å². The van der Waals surface area contributed by atoms with E-state index in [1.165, 1.54) is 7.11 Å². The first-order valence-electron chi connectivity index (χ1n) is 11.4. The number of carbonyl (C=O) groups excluding carboxylic acids is 2. The van der Waals surface area contributed by atoms with E-state index in [1.54, 1.807) is 24.3 Å². The van der Waals surface area contributed by atoms with E-state index >= 15 is 0 Å². The second-order valence-corrected chi connectivity index (χ2v) is 9.03. The highest BCUT2D eigenvalue weighted by atomic mass is 19.2. The summed E-state index contributed by atoms with van der Waals surface area (Å²) in [5, 5.41) is 2.68. The highest BCUT2D eigenvalue weighted by Crippen LogP contribution is 2.40. The molecule has 3 N–H and O–H groups in total. The molecule has 6 nitrogen and oxygen atoms in total. The Morgan fingerprint density at radius 2 is 1.74 bits per heavy atom. The van der Waals surface area contributed by atoms with Crippen LogP contribution in [0.25, 0.3) is 0 Å². The van der Waals surface area contributed by atoms with Crippen LogP contribution in [0.3, 0.4) is 0 Å². The summed E-state index contributed by atoms with van der Waals surface area (Å²) in [5.41, 5.74) is 6.75. The van der Waals surface area contributed by atoms with Crippen LogP contribution in [0.15, 0.2) is 36.4 Å². The van der Waals surface area contributed by atoms with Gasteiger partial charge in [0.05, 0.1) is 19.2 Å². The molecule has 2 amide bonds. The normalized spacial score (nSPS) is 22.4. The number of amides is 2. The fourth-order valence-electron chi connectivity index (χ4n) is 5.29. The van der Waals surface area contributed by atoms with Crippen molar-refractivity contribution in [2.45, 2.75) is 50.2 Å². The maximum absolute atomic E-state index is 14.1. The maximum atomic E-state index is 14.1. The molecule has 2 bridgehead atoms. The number of nitrogens with one attached hydrogen (secondary N) is 1. The number of nitrogens with two attached hydrogens (primary N) is 1. The fraction of sp³-hybridized carbons (Fsp3) is 0.440. The van der Waals surface area contributed by atoms with Crippen LogP contribution >= 0.6 is 0 Å². The summed E-state index contributed by atoms with van der Waals surface area (Å²) < 4.78 is 46.0. The first-order chi connectivity index (χ1) is 16.3. The molecule has 2 aromatic rings. The zero-order valence-corrected chi connectivity index (χ0v) is 18.9. The number of carbonyl (C=O) groups is 2. The fourth-order valence-corrected chi connectivity index (χ4v) is 5.29. The van der Waals surface area contributed by atoms with Gasteiger partial charge in [-0.25, -0.2) is 13.2 Å². The third-order valence-electron chi connectivity index (χ3n) is 6.96. The largest absolute Gasteiger partial charge is 0.496 e. The zero-order chi connectivity index (χ0) is 24.4. The monoisotopic (exact) mass is 475 g/mol. The van der Waals surface area contributed by atoms with E-state index in [0.29, 0.717) is 30.2 Å². The van der Waals surface area contributed by atoms with Gasteiger partial charge in [0.1, 0.15) is 11.6 Å². The Morgan fingerprint density at radius 3 is 2.41 bits per heavy atom. The second kappa shape index (κ2) is 10.0. The van der Waals surface area contributed by atoms with Crippen molar-refractivity contribution in [3.8, 4) is 5.75 Å². The van der Waals surface area contributed by atoms with Crippen molar-refractivity contribution in [1.82, 2.24) is 10.2 Å². The molecule has 2 fully saturated rings. The van der Waals surface area contributed by atoms with Crippen LogP contribution in [0.2, 0.25) is 0 Å². The predicted molar refractivity (Wildman–Crippen MR) is 120 cm³/mol. The summed E-state index contributed by atoms with van der Waals surface area (Å²) in [7, 11) is 1.48. The Bertz CT molecular complexity index is 1070. The molecule has 4 atom stereocenters. The number of benzene rings is 2. The number of ether oxygens (including phenoxy) is 1. The summed E-state index contributed by atoms with van der Waals surface area (Å²) in [6, 6.07) is 7.73. The Balaban J connectivity index is 1.35. The van der Waals surface area contributed by atoms with E-state index in [1.807, 2.05) is 4.90 Å². The number of para-hydroxylation sites is 1. The van der Waals surface area contributed by atoms with Crippen molar-refractivity contribution in [2.75, 3.05) is 13.7 Å². The van der Waals surface area contributed by atoms with Gasteiger partial charge in [-0.2, -0.15) is 0 Å². The van der Waals surface area contributed by atoms with Crippen molar-refractivity contribution < 1.29 is 27.5 Å². The van der Waals surface area contributed by atoms with Crippen molar-refractivity contribution in [3.05, 3.63) is 65.0 Å². The molecule has 2 saturated heterocycles. The molecule has 2 heterocycles. The van der Waals surface area contributed by atoms with Crippen molar-refractivity contribution in [1.29, 1.82) is 0 Å². The quantitative estimate of drug-likeness (QED) is 0.603. The lowest BCUT2D eigenvalue weighted by Gasteiger charge is -2.41. The third-order valence-corrected chi connectivity index (χ3v) is 6.96. The molecular weight excluding hydrogens is 447 g/mol. The first kappa shape index (κ1) is 24.1. The van der Waals surface area contributed by atoms with E-state index in [-0.39, 0.29) is 48.3 Å². The van der Waals surface area contributed by atoms with E-state index in [9.17, 15) is 22.8 Å². The molecule has 2 aromatic carbocycles. The average molecular weight is 476 g/mol. The highest BCUT2D eigenvalue weighted by molar-refractivity contribution is 5.98. The third kappa shape index (κ3) is 4.89. The Kier molecular flexibility index (Phi) is 7.11. The minimum absolute atomic E-state index is 0.0136. The Labute approximate surface area is 196 Å². The summed E-state index contributed by atoms with van der Waals surface area (Å²) >= 11 is 0. The van der Waals surface area contributed by atoms with Crippen LogP contribution in [0, 0.1) is 23.4 Å². The Hall–Kier alpha value is -3.07. The van der Waals surface area contributed by atoms with Gasteiger partial charge in [0.25, 0.3) is 5.91 Å². The predicted octanol–water partition coefficient (Wildman–Crippen LogP) is 3.18. The van der Waals surface area contributed by atoms with Gasteiger partial charge < -0.3 is 20.7 Å². The molecule has 0 spiro atoms. The summed E-state index contributed by atoms with van der Waals surface area (Å²) in [5.74, 6) is -3.22.